The molecule has 1 unspecified atom stereocenters. The molecule has 114 valence electrons. The van der Waals surface area contributed by atoms with Crippen LogP contribution in [0.15, 0.2) is 40.6 Å². The van der Waals surface area contributed by atoms with Crippen LogP contribution in [0.3, 0.4) is 0 Å². The quantitative estimate of drug-likeness (QED) is 0.845. The van der Waals surface area contributed by atoms with E-state index in [1.807, 2.05) is 17.5 Å². The number of aryl methyl sites for hydroxylation is 1. The number of hydrogen-bond acceptors (Lipinski definition) is 4. The van der Waals surface area contributed by atoms with Gasteiger partial charge in [-0.15, -0.1) is 11.3 Å². The first-order valence-electron chi connectivity index (χ1n) is 6.37. The molecule has 1 atom stereocenters. The minimum absolute atomic E-state index is 0.160. The summed E-state index contributed by atoms with van der Waals surface area (Å²) in [5.41, 5.74) is 0.630. The molecule has 4 nitrogen and oxygen atoms in total. The fourth-order valence-electron chi connectivity index (χ4n) is 1.89. The molecule has 2 N–H and O–H groups in total. The van der Waals surface area contributed by atoms with Crippen molar-refractivity contribution in [3.63, 3.8) is 0 Å². The SMILES string of the molecule is Cc1ccc(Cl)cc1S(=O)(=O)NCCC(O)c1cccs1. The maximum Gasteiger partial charge on any atom is 0.240 e. The zero-order valence-corrected chi connectivity index (χ0v) is 13.8. The van der Waals surface area contributed by atoms with Gasteiger partial charge in [-0.3, -0.25) is 0 Å². The van der Waals surface area contributed by atoms with E-state index in [4.69, 9.17) is 11.6 Å². The van der Waals surface area contributed by atoms with Crippen LogP contribution in [0.25, 0.3) is 0 Å². The van der Waals surface area contributed by atoms with E-state index in [0.29, 0.717) is 17.0 Å². The second-order valence-corrected chi connectivity index (χ2v) is 7.78. The first-order valence-corrected chi connectivity index (χ1v) is 9.11. The summed E-state index contributed by atoms with van der Waals surface area (Å²) in [6.07, 6.45) is -0.340. The number of sulfonamides is 1. The number of benzene rings is 1. The van der Waals surface area contributed by atoms with Gasteiger partial charge in [-0.2, -0.15) is 0 Å². The molecule has 0 aliphatic carbocycles. The predicted molar refractivity (Wildman–Crippen MR) is 85.3 cm³/mol. The van der Waals surface area contributed by atoms with E-state index in [0.717, 1.165) is 4.88 Å². The summed E-state index contributed by atoms with van der Waals surface area (Å²) in [5, 5.41) is 12.2. The smallest absolute Gasteiger partial charge is 0.240 e. The topological polar surface area (TPSA) is 66.4 Å². The second kappa shape index (κ2) is 6.89. The van der Waals surface area contributed by atoms with E-state index in [-0.39, 0.29) is 11.4 Å². The van der Waals surface area contributed by atoms with Gasteiger partial charge in [0.05, 0.1) is 11.0 Å². The third kappa shape index (κ3) is 4.28. The molecule has 0 spiro atoms. The van der Waals surface area contributed by atoms with Gasteiger partial charge in [-0.25, -0.2) is 13.1 Å². The Morgan fingerprint density at radius 2 is 2.14 bits per heavy atom. The van der Waals surface area contributed by atoms with Crippen molar-refractivity contribution >= 4 is 33.0 Å². The molecule has 0 amide bonds. The Morgan fingerprint density at radius 3 is 2.81 bits per heavy atom. The van der Waals surface area contributed by atoms with Gasteiger partial charge < -0.3 is 5.11 Å². The van der Waals surface area contributed by atoms with Crippen LogP contribution in [0, 0.1) is 6.92 Å². The molecule has 1 heterocycles. The van der Waals surface area contributed by atoms with Crippen molar-refractivity contribution < 1.29 is 13.5 Å². The maximum absolute atomic E-state index is 12.2. The lowest BCUT2D eigenvalue weighted by Gasteiger charge is -2.12. The highest BCUT2D eigenvalue weighted by atomic mass is 35.5. The molecule has 2 aromatic rings. The summed E-state index contributed by atoms with van der Waals surface area (Å²) in [6, 6.07) is 8.41. The van der Waals surface area contributed by atoms with E-state index in [1.165, 1.54) is 17.4 Å². The van der Waals surface area contributed by atoms with Crippen molar-refractivity contribution in [1.82, 2.24) is 4.72 Å². The van der Waals surface area contributed by atoms with Gasteiger partial charge in [-0.1, -0.05) is 23.7 Å². The molecule has 0 bridgehead atoms. The Labute approximate surface area is 133 Å². The Bertz CT molecular complexity index is 699. The molecule has 0 saturated carbocycles. The molecule has 1 aromatic heterocycles. The van der Waals surface area contributed by atoms with Gasteiger partial charge >= 0.3 is 0 Å². The molecule has 0 radical (unpaired) electrons. The summed E-state index contributed by atoms with van der Waals surface area (Å²) < 4.78 is 26.9. The van der Waals surface area contributed by atoms with Crippen molar-refractivity contribution in [3.05, 3.63) is 51.2 Å². The highest BCUT2D eigenvalue weighted by Gasteiger charge is 2.18. The molecule has 1 aromatic carbocycles. The van der Waals surface area contributed by atoms with Crippen molar-refractivity contribution in [3.8, 4) is 0 Å². The molecule has 2 rings (SSSR count). The van der Waals surface area contributed by atoms with Crippen molar-refractivity contribution in [2.75, 3.05) is 6.54 Å². The van der Waals surface area contributed by atoms with Crippen LogP contribution in [-0.4, -0.2) is 20.1 Å². The number of thiophene rings is 1. The number of nitrogens with one attached hydrogen (secondary N) is 1. The number of halogens is 1. The fourth-order valence-corrected chi connectivity index (χ4v) is 4.19. The van der Waals surface area contributed by atoms with Crippen molar-refractivity contribution in [2.45, 2.75) is 24.3 Å². The van der Waals surface area contributed by atoms with Crippen molar-refractivity contribution in [2.24, 2.45) is 0 Å². The normalized spacial score (nSPS) is 13.3. The molecular formula is C14H16ClNO3S2. The molecule has 7 heteroatoms. The molecule has 0 aliphatic heterocycles. The van der Waals surface area contributed by atoms with Crippen molar-refractivity contribution in [1.29, 1.82) is 0 Å². The summed E-state index contributed by atoms with van der Waals surface area (Å²) in [6.45, 7) is 1.87. The third-order valence-corrected chi connectivity index (χ3v) is 5.83. The highest BCUT2D eigenvalue weighted by molar-refractivity contribution is 7.89. The number of rotatable bonds is 6. The number of hydrogen-bond donors (Lipinski definition) is 2. The van der Waals surface area contributed by atoms with Crippen LogP contribution in [0.4, 0.5) is 0 Å². The Kier molecular flexibility index (Phi) is 5.40. The Morgan fingerprint density at radius 1 is 1.38 bits per heavy atom. The highest BCUT2D eigenvalue weighted by Crippen LogP contribution is 2.22. The lowest BCUT2D eigenvalue weighted by molar-refractivity contribution is 0.173. The average Bonchev–Trinajstić information content (AvgIpc) is 2.95. The average molecular weight is 346 g/mol. The summed E-state index contributed by atoms with van der Waals surface area (Å²) in [7, 11) is -3.62. The molecule has 0 fully saturated rings. The standard InChI is InChI=1S/C14H16ClNO3S2/c1-10-4-5-11(15)9-14(10)21(18,19)16-7-6-12(17)13-3-2-8-20-13/h2-5,8-9,12,16-17H,6-7H2,1H3. The second-order valence-electron chi connectivity index (χ2n) is 4.63. The first-order chi connectivity index (χ1) is 9.90. The molecule has 0 aliphatic rings. The molecular weight excluding hydrogens is 330 g/mol. The van der Waals surface area contributed by atoms with Gasteiger partial charge in [0, 0.05) is 16.4 Å². The van der Waals surface area contributed by atoms with Gasteiger partial charge in [0.1, 0.15) is 0 Å². The largest absolute Gasteiger partial charge is 0.388 e. The molecule has 0 saturated heterocycles. The fraction of sp³-hybridized carbons (Fsp3) is 0.286. The maximum atomic E-state index is 12.2. The van der Waals surface area contributed by atoms with Crippen LogP contribution in [0.5, 0.6) is 0 Å². The Balaban J connectivity index is 2.00. The van der Waals surface area contributed by atoms with Gasteiger partial charge in [0.2, 0.25) is 10.0 Å². The van der Waals surface area contributed by atoms with Crippen LogP contribution in [-0.2, 0) is 10.0 Å². The molecule has 21 heavy (non-hydrogen) atoms. The minimum Gasteiger partial charge on any atom is -0.388 e. The monoisotopic (exact) mass is 345 g/mol. The summed E-state index contributed by atoms with van der Waals surface area (Å²) in [5.74, 6) is 0. The van der Waals surface area contributed by atoms with E-state index < -0.39 is 16.1 Å². The lowest BCUT2D eigenvalue weighted by atomic mass is 10.2. The minimum atomic E-state index is -3.62. The zero-order valence-electron chi connectivity index (χ0n) is 11.4. The predicted octanol–water partition coefficient (Wildman–Crippen LogP) is 3.11. The zero-order chi connectivity index (χ0) is 15.5. The van der Waals surface area contributed by atoms with Crippen LogP contribution < -0.4 is 4.72 Å². The lowest BCUT2D eigenvalue weighted by Crippen LogP contribution is -2.26. The number of aliphatic hydroxyl groups is 1. The van der Waals surface area contributed by atoms with E-state index in [2.05, 4.69) is 4.72 Å². The van der Waals surface area contributed by atoms with Crippen LogP contribution in [0.1, 0.15) is 23.0 Å². The third-order valence-electron chi connectivity index (χ3n) is 3.02. The summed E-state index contributed by atoms with van der Waals surface area (Å²) in [4.78, 5) is 0.994. The van der Waals surface area contributed by atoms with Gasteiger partial charge in [-0.05, 0) is 42.5 Å². The van der Waals surface area contributed by atoms with Crippen LogP contribution >= 0.6 is 22.9 Å². The first kappa shape index (κ1) is 16.5. The van der Waals surface area contributed by atoms with Gasteiger partial charge in [0.15, 0.2) is 0 Å². The van der Waals surface area contributed by atoms with E-state index in [1.54, 1.807) is 19.1 Å². The van der Waals surface area contributed by atoms with E-state index >= 15 is 0 Å². The van der Waals surface area contributed by atoms with E-state index in [9.17, 15) is 13.5 Å². The Hall–Kier alpha value is -0.920. The summed E-state index contributed by atoms with van der Waals surface area (Å²) >= 11 is 7.29. The number of aliphatic hydroxyl groups excluding tert-OH is 1. The van der Waals surface area contributed by atoms with Crippen LogP contribution in [0.2, 0.25) is 5.02 Å². The van der Waals surface area contributed by atoms with Gasteiger partial charge in [0.25, 0.3) is 0 Å².